The predicted molar refractivity (Wildman–Crippen MR) is 81.2 cm³/mol. The Morgan fingerprint density at radius 2 is 2.00 bits per heavy atom. The first kappa shape index (κ1) is 16.0. The normalized spacial score (nSPS) is 10.9. The second-order valence-electron chi connectivity index (χ2n) is 4.38. The number of ether oxygens (including phenoxy) is 2. The van der Waals surface area contributed by atoms with Gasteiger partial charge in [-0.25, -0.2) is 4.79 Å². The van der Waals surface area contributed by atoms with Crippen LogP contribution in [-0.2, 0) is 9.47 Å². The van der Waals surface area contributed by atoms with Gasteiger partial charge in [0, 0.05) is 5.56 Å². The lowest BCUT2D eigenvalue weighted by molar-refractivity contribution is 0.100. The molecule has 1 aromatic rings. The molecule has 1 rings (SSSR count). The van der Waals surface area contributed by atoms with Gasteiger partial charge in [0.2, 0.25) is 0 Å². The van der Waals surface area contributed by atoms with E-state index in [-0.39, 0.29) is 6.61 Å². The summed E-state index contributed by atoms with van der Waals surface area (Å²) >= 11 is 0. The smallest absolute Gasteiger partial charge is 0.430 e. The molecular formula is C17H22O3. The van der Waals surface area contributed by atoms with Gasteiger partial charge in [0.25, 0.3) is 0 Å². The molecule has 0 aliphatic heterocycles. The molecule has 0 heterocycles. The molecule has 0 bridgehead atoms. The van der Waals surface area contributed by atoms with E-state index in [1.807, 2.05) is 36.4 Å². The third-order valence-corrected chi connectivity index (χ3v) is 2.71. The molecule has 0 aliphatic rings. The van der Waals surface area contributed by atoms with Crippen molar-refractivity contribution in [2.24, 2.45) is 0 Å². The van der Waals surface area contributed by atoms with Gasteiger partial charge in [0.1, 0.15) is 12.4 Å². The monoisotopic (exact) mass is 274 g/mol. The van der Waals surface area contributed by atoms with Gasteiger partial charge in [-0.2, -0.15) is 0 Å². The first-order chi connectivity index (χ1) is 9.77. The van der Waals surface area contributed by atoms with Gasteiger partial charge in [-0.05, 0) is 18.9 Å². The summed E-state index contributed by atoms with van der Waals surface area (Å²) in [6, 6.07) is 9.56. The van der Waals surface area contributed by atoms with E-state index in [1.165, 1.54) is 12.5 Å². The molecule has 0 saturated carbocycles. The minimum atomic E-state index is -0.699. The van der Waals surface area contributed by atoms with Crippen LogP contribution in [0.15, 0.2) is 49.1 Å². The Kier molecular flexibility index (Phi) is 7.89. The van der Waals surface area contributed by atoms with Crippen molar-refractivity contribution in [3.05, 3.63) is 54.6 Å². The first-order valence-corrected chi connectivity index (χ1v) is 6.99. The molecule has 0 aromatic heterocycles. The minimum Gasteiger partial charge on any atom is -0.430 e. The summed E-state index contributed by atoms with van der Waals surface area (Å²) in [4.78, 5) is 11.5. The molecule has 0 atom stereocenters. The molecule has 0 aliphatic carbocycles. The van der Waals surface area contributed by atoms with E-state index in [0.29, 0.717) is 5.76 Å². The van der Waals surface area contributed by atoms with E-state index in [1.54, 1.807) is 0 Å². The Labute approximate surface area is 120 Å². The molecule has 0 spiro atoms. The Hall–Kier alpha value is -2.03. The minimum absolute atomic E-state index is 0.150. The molecule has 3 heteroatoms. The fourth-order valence-corrected chi connectivity index (χ4v) is 1.69. The highest BCUT2D eigenvalue weighted by atomic mass is 16.7. The summed E-state index contributed by atoms with van der Waals surface area (Å²) in [7, 11) is 0. The summed E-state index contributed by atoms with van der Waals surface area (Å²) in [5, 5.41) is 0. The third-order valence-electron chi connectivity index (χ3n) is 2.71. The number of allylic oxidation sites excluding steroid dienone is 1. The van der Waals surface area contributed by atoms with Crippen LogP contribution in [0.25, 0.3) is 5.76 Å². The lowest BCUT2D eigenvalue weighted by Crippen LogP contribution is -2.07. The van der Waals surface area contributed by atoms with Crippen molar-refractivity contribution in [1.82, 2.24) is 0 Å². The summed E-state index contributed by atoms with van der Waals surface area (Å²) in [5.74, 6) is 0.552. The van der Waals surface area contributed by atoms with E-state index >= 15 is 0 Å². The van der Waals surface area contributed by atoms with Crippen LogP contribution in [0.5, 0.6) is 0 Å². The van der Waals surface area contributed by atoms with Crippen molar-refractivity contribution in [2.45, 2.75) is 32.6 Å². The number of carbonyl (C=O) groups is 1. The first-order valence-electron chi connectivity index (χ1n) is 6.99. The topological polar surface area (TPSA) is 35.5 Å². The summed E-state index contributed by atoms with van der Waals surface area (Å²) in [6.07, 6.45) is 7.05. The van der Waals surface area contributed by atoms with E-state index in [2.05, 4.69) is 13.5 Å². The van der Waals surface area contributed by atoms with Crippen molar-refractivity contribution in [2.75, 3.05) is 6.61 Å². The summed E-state index contributed by atoms with van der Waals surface area (Å²) in [5.41, 5.74) is 0.875. The number of benzene rings is 1. The maximum atomic E-state index is 11.5. The average molecular weight is 274 g/mol. The lowest BCUT2D eigenvalue weighted by Gasteiger charge is -2.09. The standard InChI is InChI=1S/C17H22O3/c1-3-5-6-10-13-16(15-11-8-7-9-12-15)20-17(18)19-14-4-2/h4,7-9,11-13H,2-3,5-6,10,14H2,1H3/b16-13-. The van der Waals surface area contributed by atoms with E-state index in [0.717, 1.165) is 24.8 Å². The molecule has 0 radical (unpaired) electrons. The maximum Gasteiger partial charge on any atom is 0.514 e. The Morgan fingerprint density at radius 3 is 2.65 bits per heavy atom. The van der Waals surface area contributed by atoms with Crippen LogP contribution in [0, 0.1) is 0 Å². The Balaban J connectivity index is 2.69. The predicted octanol–water partition coefficient (Wildman–Crippen LogP) is 4.95. The van der Waals surface area contributed by atoms with Crippen LogP contribution < -0.4 is 0 Å². The number of rotatable bonds is 8. The van der Waals surface area contributed by atoms with E-state index < -0.39 is 6.16 Å². The van der Waals surface area contributed by atoms with Crippen molar-refractivity contribution in [1.29, 1.82) is 0 Å². The van der Waals surface area contributed by atoms with Crippen molar-refractivity contribution in [3.63, 3.8) is 0 Å². The third kappa shape index (κ3) is 6.23. The number of hydrogen-bond acceptors (Lipinski definition) is 3. The van der Waals surface area contributed by atoms with E-state index in [9.17, 15) is 4.79 Å². The molecule has 0 N–H and O–H groups in total. The van der Waals surface area contributed by atoms with Crippen LogP contribution in [0.4, 0.5) is 4.79 Å². The van der Waals surface area contributed by atoms with Gasteiger partial charge in [-0.15, -0.1) is 0 Å². The Bertz CT molecular complexity index is 435. The highest BCUT2D eigenvalue weighted by Gasteiger charge is 2.09. The Morgan fingerprint density at radius 1 is 1.25 bits per heavy atom. The highest BCUT2D eigenvalue weighted by Crippen LogP contribution is 2.18. The van der Waals surface area contributed by atoms with E-state index in [4.69, 9.17) is 9.47 Å². The molecule has 20 heavy (non-hydrogen) atoms. The zero-order valence-corrected chi connectivity index (χ0v) is 12.0. The molecule has 0 amide bonds. The van der Waals surface area contributed by atoms with Crippen LogP contribution >= 0.6 is 0 Å². The van der Waals surface area contributed by atoms with Gasteiger partial charge in [-0.1, -0.05) is 62.8 Å². The molecule has 108 valence electrons. The van der Waals surface area contributed by atoms with Gasteiger partial charge in [0.15, 0.2) is 0 Å². The zero-order valence-electron chi connectivity index (χ0n) is 12.0. The molecular weight excluding hydrogens is 252 g/mol. The van der Waals surface area contributed by atoms with Crippen molar-refractivity contribution >= 4 is 11.9 Å². The molecule has 0 unspecified atom stereocenters. The number of carbonyl (C=O) groups excluding carboxylic acids is 1. The fraction of sp³-hybridized carbons (Fsp3) is 0.353. The zero-order chi connectivity index (χ0) is 14.6. The maximum absolute atomic E-state index is 11.5. The van der Waals surface area contributed by atoms with Crippen LogP contribution in [0.2, 0.25) is 0 Å². The molecule has 3 nitrogen and oxygen atoms in total. The van der Waals surface area contributed by atoms with Crippen molar-refractivity contribution < 1.29 is 14.3 Å². The van der Waals surface area contributed by atoms with Gasteiger partial charge < -0.3 is 9.47 Å². The molecule has 0 fully saturated rings. The second kappa shape index (κ2) is 9.84. The van der Waals surface area contributed by atoms with Gasteiger partial charge >= 0.3 is 6.16 Å². The van der Waals surface area contributed by atoms with Crippen LogP contribution in [-0.4, -0.2) is 12.8 Å². The molecule has 1 aromatic carbocycles. The van der Waals surface area contributed by atoms with Gasteiger partial charge in [0.05, 0.1) is 0 Å². The molecule has 0 saturated heterocycles. The van der Waals surface area contributed by atoms with Gasteiger partial charge in [-0.3, -0.25) is 0 Å². The fourth-order valence-electron chi connectivity index (χ4n) is 1.69. The quantitative estimate of drug-likeness (QED) is 0.291. The summed E-state index contributed by atoms with van der Waals surface area (Å²) in [6.45, 7) is 5.80. The second-order valence-corrected chi connectivity index (χ2v) is 4.38. The lowest BCUT2D eigenvalue weighted by atomic mass is 10.1. The highest BCUT2D eigenvalue weighted by molar-refractivity contribution is 5.72. The average Bonchev–Trinajstić information content (AvgIpc) is 2.49. The van der Waals surface area contributed by atoms with Crippen LogP contribution in [0.3, 0.4) is 0 Å². The van der Waals surface area contributed by atoms with Crippen LogP contribution in [0.1, 0.15) is 38.2 Å². The number of unbranched alkanes of at least 4 members (excludes halogenated alkanes) is 3. The summed E-state index contributed by atoms with van der Waals surface area (Å²) < 4.78 is 10.1. The SMILES string of the molecule is C=CCOC(=O)O/C(=C\CCCCC)c1ccccc1. The number of hydrogen-bond donors (Lipinski definition) is 0. The largest absolute Gasteiger partial charge is 0.514 e. The van der Waals surface area contributed by atoms with Crippen molar-refractivity contribution in [3.8, 4) is 0 Å².